The van der Waals surface area contributed by atoms with Crippen molar-refractivity contribution in [1.82, 2.24) is 25.2 Å². The highest BCUT2D eigenvalue weighted by Crippen LogP contribution is 2.41. The number of aromatic amines is 1. The molecule has 0 bridgehead atoms. The SMILES string of the molecule is FC(F)(F)c1cccc(OCC#Cc2cc(-c3n[nH]c4c3Cc3ccc(Cn5ccnn5)cc3-4)cs2)c1. The number of benzene rings is 2. The van der Waals surface area contributed by atoms with Gasteiger partial charge in [-0.05, 0) is 41.5 Å². The van der Waals surface area contributed by atoms with Gasteiger partial charge < -0.3 is 4.74 Å². The Morgan fingerprint density at radius 1 is 1.14 bits per heavy atom. The third-order valence-corrected chi connectivity index (χ3v) is 6.90. The van der Waals surface area contributed by atoms with Crippen molar-refractivity contribution < 1.29 is 17.9 Å². The fourth-order valence-corrected chi connectivity index (χ4v) is 5.09. The summed E-state index contributed by atoms with van der Waals surface area (Å²) in [5, 5.41) is 17.7. The molecule has 0 atom stereocenters. The van der Waals surface area contributed by atoms with Gasteiger partial charge >= 0.3 is 6.18 Å². The number of H-pyrrole nitrogens is 1. The lowest BCUT2D eigenvalue weighted by Gasteiger charge is -2.08. The zero-order chi connectivity index (χ0) is 25.4. The second-order valence-corrected chi connectivity index (χ2v) is 9.42. The molecule has 0 unspecified atom stereocenters. The molecule has 0 aliphatic heterocycles. The minimum absolute atomic E-state index is 0.0153. The van der Waals surface area contributed by atoms with Gasteiger partial charge in [-0.15, -0.1) is 16.4 Å². The van der Waals surface area contributed by atoms with Crippen molar-refractivity contribution in [2.45, 2.75) is 19.1 Å². The van der Waals surface area contributed by atoms with E-state index >= 15 is 0 Å². The second kappa shape index (κ2) is 9.26. The van der Waals surface area contributed by atoms with E-state index in [1.54, 1.807) is 10.9 Å². The van der Waals surface area contributed by atoms with Crippen LogP contribution in [0.1, 0.15) is 27.1 Å². The van der Waals surface area contributed by atoms with Crippen LogP contribution in [0.4, 0.5) is 13.2 Å². The molecule has 0 radical (unpaired) electrons. The third-order valence-electron chi connectivity index (χ3n) is 6.05. The average molecular weight is 518 g/mol. The van der Waals surface area contributed by atoms with Gasteiger partial charge in [-0.1, -0.05) is 35.3 Å². The normalized spacial score (nSPS) is 12.1. The molecule has 5 aromatic rings. The van der Waals surface area contributed by atoms with Crippen LogP contribution >= 0.6 is 11.3 Å². The summed E-state index contributed by atoms with van der Waals surface area (Å²) in [6.07, 6.45) is -0.120. The maximum absolute atomic E-state index is 12.8. The predicted molar refractivity (Wildman–Crippen MR) is 133 cm³/mol. The van der Waals surface area contributed by atoms with Crippen LogP contribution in [0.5, 0.6) is 5.75 Å². The van der Waals surface area contributed by atoms with Gasteiger partial charge in [0.05, 0.1) is 34.6 Å². The molecule has 3 heterocycles. The summed E-state index contributed by atoms with van der Waals surface area (Å²) in [6.45, 7) is 0.631. The molecule has 1 aliphatic rings. The van der Waals surface area contributed by atoms with E-state index in [0.717, 1.165) is 57.1 Å². The van der Waals surface area contributed by atoms with E-state index in [0.29, 0.717) is 6.54 Å². The van der Waals surface area contributed by atoms with Crippen molar-refractivity contribution in [2.75, 3.05) is 6.61 Å². The highest BCUT2D eigenvalue weighted by molar-refractivity contribution is 7.11. The number of nitrogens with zero attached hydrogens (tertiary/aromatic N) is 4. The quantitative estimate of drug-likeness (QED) is 0.294. The van der Waals surface area contributed by atoms with Crippen LogP contribution in [0.25, 0.3) is 22.5 Å². The van der Waals surface area contributed by atoms with Crippen LogP contribution < -0.4 is 4.74 Å². The predicted octanol–water partition coefficient (Wildman–Crippen LogP) is 5.80. The van der Waals surface area contributed by atoms with Crippen LogP contribution in [0, 0.1) is 11.8 Å². The van der Waals surface area contributed by atoms with Crippen molar-refractivity contribution in [2.24, 2.45) is 0 Å². The van der Waals surface area contributed by atoms with Gasteiger partial charge in [-0.25, -0.2) is 4.68 Å². The topological polar surface area (TPSA) is 68.6 Å². The van der Waals surface area contributed by atoms with Crippen molar-refractivity contribution in [3.8, 4) is 40.1 Å². The number of halogens is 3. The third kappa shape index (κ3) is 4.73. The van der Waals surface area contributed by atoms with Crippen LogP contribution in [-0.4, -0.2) is 31.8 Å². The number of nitrogens with one attached hydrogen (secondary N) is 1. The minimum Gasteiger partial charge on any atom is -0.481 e. The van der Waals surface area contributed by atoms with E-state index in [-0.39, 0.29) is 12.4 Å². The number of hydrogen-bond acceptors (Lipinski definition) is 5. The molecule has 6 rings (SSSR count). The summed E-state index contributed by atoms with van der Waals surface area (Å²) < 4.78 is 45.7. The van der Waals surface area contributed by atoms with Gasteiger partial charge in [0.25, 0.3) is 0 Å². The minimum atomic E-state index is -4.41. The molecule has 10 heteroatoms. The zero-order valence-electron chi connectivity index (χ0n) is 19.2. The molecule has 0 fully saturated rings. The van der Waals surface area contributed by atoms with E-state index in [2.05, 4.69) is 50.5 Å². The number of thiophene rings is 1. The first-order valence-corrected chi connectivity index (χ1v) is 12.2. The number of hydrogen-bond donors (Lipinski definition) is 1. The van der Waals surface area contributed by atoms with E-state index < -0.39 is 11.7 Å². The fraction of sp³-hybridized carbons (Fsp3) is 0.148. The van der Waals surface area contributed by atoms with Gasteiger partial charge in [0.2, 0.25) is 0 Å². The standard InChI is InChI=1S/C27H18F3N5OS/c28-27(29,30)20-3-1-4-21(14-20)36-10-2-5-22-12-19(16-37-22)25-24-13-18-7-6-17(15-35-9-8-31-34-35)11-23(18)26(24)33-32-25/h1,3-4,6-9,11-12,14,16H,10,13,15H2,(H,32,33). The Balaban J connectivity index is 1.15. The lowest BCUT2D eigenvalue weighted by Crippen LogP contribution is -2.05. The molecule has 2 aromatic carbocycles. The summed E-state index contributed by atoms with van der Waals surface area (Å²) in [5.74, 6) is 6.03. The van der Waals surface area contributed by atoms with Crippen molar-refractivity contribution in [1.29, 1.82) is 0 Å². The highest BCUT2D eigenvalue weighted by Gasteiger charge is 2.30. The van der Waals surface area contributed by atoms with Gasteiger partial charge in [0, 0.05) is 34.7 Å². The number of ether oxygens (including phenoxy) is 1. The first-order chi connectivity index (χ1) is 17.9. The maximum atomic E-state index is 12.8. The molecule has 0 amide bonds. The van der Waals surface area contributed by atoms with Crippen molar-refractivity contribution in [3.63, 3.8) is 0 Å². The van der Waals surface area contributed by atoms with E-state index in [1.807, 2.05) is 17.6 Å². The molecule has 184 valence electrons. The molecule has 1 aliphatic carbocycles. The Morgan fingerprint density at radius 3 is 2.89 bits per heavy atom. The van der Waals surface area contributed by atoms with Gasteiger partial charge in [-0.2, -0.15) is 18.3 Å². The summed E-state index contributed by atoms with van der Waals surface area (Å²) >= 11 is 1.49. The maximum Gasteiger partial charge on any atom is 0.416 e. The van der Waals surface area contributed by atoms with Crippen LogP contribution in [0.2, 0.25) is 0 Å². The largest absolute Gasteiger partial charge is 0.481 e. The molecular formula is C27H18F3N5OS. The Hall–Kier alpha value is -4.36. The van der Waals surface area contributed by atoms with Gasteiger partial charge in [0.15, 0.2) is 0 Å². The molecule has 0 saturated heterocycles. The second-order valence-electron chi connectivity index (χ2n) is 8.51. The lowest BCUT2D eigenvalue weighted by atomic mass is 10.1. The Morgan fingerprint density at radius 2 is 2.05 bits per heavy atom. The molecule has 0 saturated carbocycles. The number of alkyl halides is 3. The van der Waals surface area contributed by atoms with Crippen molar-refractivity contribution in [3.05, 3.63) is 93.4 Å². The average Bonchev–Trinajstić information content (AvgIpc) is 3.67. The summed E-state index contributed by atoms with van der Waals surface area (Å²) in [7, 11) is 0. The first kappa shape index (κ1) is 23.1. The summed E-state index contributed by atoms with van der Waals surface area (Å²) in [5.41, 5.74) is 6.82. The molecule has 3 aromatic heterocycles. The Labute approximate surface area is 213 Å². The molecular weight excluding hydrogens is 499 g/mol. The van der Waals surface area contributed by atoms with E-state index in [4.69, 9.17) is 4.74 Å². The molecule has 6 nitrogen and oxygen atoms in total. The number of rotatable bonds is 5. The van der Waals surface area contributed by atoms with Crippen LogP contribution in [0.15, 0.2) is 66.3 Å². The van der Waals surface area contributed by atoms with Crippen LogP contribution in [-0.2, 0) is 19.1 Å². The number of aromatic nitrogens is 5. The first-order valence-electron chi connectivity index (χ1n) is 11.4. The molecule has 37 heavy (non-hydrogen) atoms. The van der Waals surface area contributed by atoms with E-state index in [9.17, 15) is 13.2 Å². The van der Waals surface area contributed by atoms with E-state index in [1.165, 1.54) is 29.0 Å². The van der Waals surface area contributed by atoms with Crippen molar-refractivity contribution >= 4 is 11.3 Å². The van der Waals surface area contributed by atoms with Gasteiger partial charge in [0.1, 0.15) is 12.4 Å². The monoisotopic (exact) mass is 517 g/mol. The lowest BCUT2D eigenvalue weighted by molar-refractivity contribution is -0.137. The van der Waals surface area contributed by atoms with Crippen LogP contribution in [0.3, 0.4) is 0 Å². The fourth-order valence-electron chi connectivity index (χ4n) is 4.33. The zero-order valence-corrected chi connectivity index (χ0v) is 20.0. The smallest absolute Gasteiger partial charge is 0.416 e. The Bertz CT molecular complexity index is 1640. The molecule has 0 spiro atoms. The highest BCUT2D eigenvalue weighted by atomic mass is 32.1. The Kier molecular flexibility index (Phi) is 5.77. The summed E-state index contributed by atoms with van der Waals surface area (Å²) in [4.78, 5) is 0.824. The summed E-state index contributed by atoms with van der Waals surface area (Å²) in [6, 6.07) is 13.2. The molecule has 1 N–H and O–H groups in total. The number of fused-ring (bicyclic) bond motifs is 3. The van der Waals surface area contributed by atoms with Gasteiger partial charge in [-0.3, -0.25) is 5.10 Å².